The Morgan fingerprint density at radius 1 is 0.178 bits per heavy atom. The Morgan fingerprint density at radius 3 is 0.616 bits per heavy atom. The van der Waals surface area contributed by atoms with Crippen LogP contribution in [0.2, 0.25) is 0 Å². The molecule has 0 radical (unpaired) electrons. The lowest BCUT2D eigenvalue weighted by Crippen LogP contribution is -2.31. The second-order valence-corrected chi connectivity index (χ2v) is 18.8. The number of hydrogen-bond donors (Lipinski definition) is 0. The zero-order valence-corrected chi connectivity index (χ0v) is 40.5. The van der Waals surface area contributed by atoms with Crippen LogP contribution in [-0.2, 0) is 5.41 Å². The van der Waals surface area contributed by atoms with Crippen LogP contribution in [0.3, 0.4) is 0 Å². The average Bonchev–Trinajstić information content (AvgIpc) is 3.46. The van der Waals surface area contributed by atoms with E-state index in [4.69, 9.17) is 0 Å². The molecule has 73 heavy (non-hydrogen) atoms. The summed E-state index contributed by atoms with van der Waals surface area (Å²) in [5.74, 6) is 0. The molecule has 0 nitrogen and oxygen atoms in total. The highest BCUT2D eigenvalue weighted by Crippen LogP contribution is 2.46. The zero-order chi connectivity index (χ0) is 48.8. The minimum atomic E-state index is -0.675. The molecule has 0 unspecified atom stereocenters. The van der Waals surface area contributed by atoms with Crippen molar-refractivity contribution in [3.63, 3.8) is 0 Å². The van der Waals surface area contributed by atoms with Gasteiger partial charge in [0.05, 0.1) is 5.41 Å². The first-order valence-electron chi connectivity index (χ1n) is 25.2. The normalized spacial score (nSPS) is 12.2. The molecule has 0 aromatic heterocycles. The van der Waals surface area contributed by atoms with Gasteiger partial charge < -0.3 is 0 Å². The topological polar surface area (TPSA) is 0 Å². The Hall–Kier alpha value is -9.36. The summed E-state index contributed by atoms with van der Waals surface area (Å²) >= 11 is 0. The van der Waals surface area contributed by atoms with Crippen LogP contribution in [0.15, 0.2) is 267 Å². The van der Waals surface area contributed by atoms with Crippen molar-refractivity contribution in [3.8, 4) is 0 Å². The third kappa shape index (κ3) is 9.15. The van der Waals surface area contributed by atoms with E-state index >= 15 is 0 Å². The fourth-order valence-electron chi connectivity index (χ4n) is 10.7. The number of rotatable bonds is 12. The van der Waals surface area contributed by atoms with E-state index in [1.54, 1.807) is 0 Å². The van der Waals surface area contributed by atoms with Gasteiger partial charge in [-0.25, -0.2) is 0 Å². The lowest BCUT2D eigenvalue weighted by molar-refractivity contribution is 0.744. The second kappa shape index (κ2) is 20.2. The van der Waals surface area contributed by atoms with E-state index in [-0.39, 0.29) is 0 Å². The molecule has 0 heterocycles. The van der Waals surface area contributed by atoms with Gasteiger partial charge in [0.25, 0.3) is 0 Å². The Labute approximate surface area is 428 Å². The van der Waals surface area contributed by atoms with Crippen molar-refractivity contribution < 1.29 is 0 Å². The molecule has 0 N–H and O–H groups in total. The van der Waals surface area contributed by atoms with Crippen LogP contribution >= 0.6 is 0 Å². The van der Waals surface area contributed by atoms with Crippen LogP contribution in [0.25, 0.3) is 91.7 Å². The third-order valence-electron chi connectivity index (χ3n) is 14.5. The maximum atomic E-state index is 2.33. The Balaban J connectivity index is 0.978. The lowest BCUT2D eigenvalue weighted by atomic mass is 9.64. The van der Waals surface area contributed by atoms with Crippen LogP contribution in [0, 0.1) is 0 Å². The highest BCUT2D eigenvalue weighted by atomic mass is 14.4. The summed E-state index contributed by atoms with van der Waals surface area (Å²) in [4.78, 5) is 0. The summed E-state index contributed by atoms with van der Waals surface area (Å²) in [6.07, 6.45) is 17.9. The largest absolute Gasteiger partial charge is 0.0701 e. The van der Waals surface area contributed by atoms with Crippen LogP contribution in [-0.4, -0.2) is 0 Å². The predicted molar refractivity (Wildman–Crippen MR) is 316 cm³/mol. The Kier molecular flexibility index (Phi) is 12.4. The number of hydrogen-bond acceptors (Lipinski definition) is 0. The van der Waals surface area contributed by atoms with Gasteiger partial charge >= 0.3 is 0 Å². The first-order chi connectivity index (χ1) is 36.2. The summed E-state index contributed by atoms with van der Waals surface area (Å²) in [5.41, 5.74) is 13.5. The molecule has 0 amide bonds. The molecule has 0 fully saturated rings. The molecule has 0 spiro atoms. The first-order valence-corrected chi connectivity index (χ1v) is 25.2. The standard InChI is InChI=1S/C73H52/c1-5-25-69-57(13-1)17-9-21-61(69)41-29-53-33-45-65(46-34-53)73(66-47-35-54(36-48-66)30-42-62-22-10-18-58-14-2-6-26-70(58)62,67-49-37-55(38-50-67)31-43-63-23-11-19-59-15-3-7-27-71(59)63)68-51-39-56(40-52-68)32-44-64-24-12-20-60-16-4-8-28-72(60)64/h1-52H/b41-29+,42-30+,43-31+,44-32+. The molecule has 0 aliphatic heterocycles. The van der Waals surface area contributed by atoms with Crippen LogP contribution in [0.1, 0.15) is 66.8 Å². The molecule has 0 heteroatoms. The molecule has 0 saturated carbocycles. The summed E-state index contributed by atoms with van der Waals surface area (Å²) in [6.45, 7) is 0. The van der Waals surface area contributed by atoms with Gasteiger partial charge in [0, 0.05) is 0 Å². The smallest absolute Gasteiger partial charge is 0.0616 e. The quantitative estimate of drug-likeness (QED) is 0.0846. The van der Waals surface area contributed by atoms with Gasteiger partial charge in [0.1, 0.15) is 0 Å². The maximum absolute atomic E-state index is 2.33. The minimum Gasteiger partial charge on any atom is -0.0616 e. The zero-order valence-electron chi connectivity index (χ0n) is 40.5. The van der Waals surface area contributed by atoms with Gasteiger partial charge in [0.15, 0.2) is 0 Å². The highest BCUT2D eigenvalue weighted by molar-refractivity contribution is 5.96. The summed E-state index contributed by atoms with van der Waals surface area (Å²) < 4.78 is 0. The van der Waals surface area contributed by atoms with E-state index in [9.17, 15) is 0 Å². The van der Waals surface area contributed by atoms with Crippen molar-refractivity contribution in [1.29, 1.82) is 0 Å². The molecule has 0 aliphatic rings. The molecule has 344 valence electrons. The summed E-state index contributed by atoms with van der Waals surface area (Å²) in [7, 11) is 0. The highest BCUT2D eigenvalue weighted by Gasteiger charge is 2.38. The van der Waals surface area contributed by atoms with E-state index in [2.05, 4.69) is 316 Å². The van der Waals surface area contributed by atoms with Crippen LogP contribution in [0.4, 0.5) is 0 Å². The number of benzene rings is 12. The fraction of sp³-hybridized carbons (Fsp3) is 0.0137. The van der Waals surface area contributed by atoms with E-state index in [0.717, 1.165) is 22.3 Å². The molecule has 0 saturated heterocycles. The van der Waals surface area contributed by atoms with Crippen molar-refractivity contribution in [3.05, 3.63) is 334 Å². The van der Waals surface area contributed by atoms with Crippen molar-refractivity contribution >= 4 is 91.7 Å². The van der Waals surface area contributed by atoms with Gasteiger partial charge in [-0.3, -0.25) is 0 Å². The molecule has 12 rings (SSSR count). The van der Waals surface area contributed by atoms with E-state index in [1.165, 1.54) is 87.6 Å². The molecule has 12 aromatic carbocycles. The van der Waals surface area contributed by atoms with E-state index < -0.39 is 5.41 Å². The van der Waals surface area contributed by atoms with Gasteiger partial charge in [-0.2, -0.15) is 0 Å². The molecule has 0 bridgehead atoms. The summed E-state index contributed by atoms with van der Waals surface area (Å²) in [6, 6.07) is 97.3. The molecule has 12 aromatic rings. The van der Waals surface area contributed by atoms with Gasteiger partial charge in [0.2, 0.25) is 0 Å². The number of fused-ring (bicyclic) bond motifs is 4. The van der Waals surface area contributed by atoms with E-state index in [1.807, 2.05) is 0 Å². The van der Waals surface area contributed by atoms with Crippen molar-refractivity contribution in [1.82, 2.24) is 0 Å². The van der Waals surface area contributed by atoms with Crippen molar-refractivity contribution in [2.45, 2.75) is 5.41 Å². The van der Waals surface area contributed by atoms with Gasteiger partial charge in [-0.15, -0.1) is 0 Å². The van der Waals surface area contributed by atoms with Gasteiger partial charge in [-0.1, -0.05) is 316 Å². The van der Waals surface area contributed by atoms with Crippen molar-refractivity contribution in [2.75, 3.05) is 0 Å². The molecule has 0 atom stereocenters. The SMILES string of the molecule is C(=C\c1cccc2ccccc12)/c1ccc(C(c2ccc(/C=C/c3cccc4ccccc34)cc2)(c2ccc(/C=C/c3cccc4ccccc34)cc2)c2ccc(/C=C/c3cccc4ccccc34)cc2)cc1. The Bertz CT molecular complexity index is 3470. The Morgan fingerprint density at radius 2 is 0.384 bits per heavy atom. The first kappa shape index (κ1) is 44.8. The minimum absolute atomic E-state index is 0.675. The molecular weight excluding hydrogens is 877 g/mol. The third-order valence-corrected chi connectivity index (χ3v) is 14.5. The lowest BCUT2D eigenvalue weighted by Gasteiger charge is -2.37. The second-order valence-electron chi connectivity index (χ2n) is 18.8. The van der Waals surface area contributed by atoms with Crippen molar-refractivity contribution in [2.24, 2.45) is 0 Å². The maximum Gasteiger partial charge on any atom is 0.0701 e. The average molecular weight is 929 g/mol. The van der Waals surface area contributed by atoms with E-state index in [0.29, 0.717) is 0 Å². The summed E-state index contributed by atoms with van der Waals surface area (Å²) in [5, 5.41) is 9.96. The molecular formula is C73H52. The monoisotopic (exact) mass is 928 g/mol. The predicted octanol–water partition coefficient (Wildman–Crippen LogP) is 19.4. The molecule has 0 aliphatic carbocycles. The fourth-order valence-corrected chi connectivity index (χ4v) is 10.7. The van der Waals surface area contributed by atoms with Crippen LogP contribution in [0.5, 0.6) is 0 Å². The van der Waals surface area contributed by atoms with Gasteiger partial charge in [-0.05, 0) is 110 Å². The van der Waals surface area contributed by atoms with Crippen LogP contribution < -0.4 is 0 Å².